The number of aromatic nitrogens is 10. The van der Waals surface area contributed by atoms with E-state index in [0.29, 0.717) is 17.1 Å². The van der Waals surface area contributed by atoms with Crippen LogP contribution in [0.1, 0.15) is 79.1 Å². The normalized spacial score (nSPS) is 20.2. The van der Waals surface area contributed by atoms with Gasteiger partial charge in [-0.3, -0.25) is 38.4 Å². The predicted molar refractivity (Wildman–Crippen MR) is 522 cm³/mol. The second-order valence-corrected chi connectivity index (χ2v) is 38.0. The van der Waals surface area contributed by atoms with E-state index in [-0.39, 0.29) is 11.5 Å². The summed E-state index contributed by atoms with van der Waals surface area (Å²) >= 11 is 10.1. The third-order valence-electron chi connectivity index (χ3n) is 27.6. The molecule has 12 aromatic rings. The van der Waals surface area contributed by atoms with Crippen LogP contribution < -0.4 is 35.0 Å². The molecule has 9 saturated heterocycles. The Morgan fingerprint density at radius 2 is 0.820 bits per heavy atom. The molecule has 128 heavy (non-hydrogen) atoms. The average Bonchev–Trinajstić information content (AvgIpc) is 1.61. The molecule has 9 aliphatic rings. The van der Waals surface area contributed by atoms with Crippen LogP contribution in [0.3, 0.4) is 0 Å². The zero-order valence-electron chi connectivity index (χ0n) is 76.0. The number of pyridine rings is 6. The fourth-order valence-electron chi connectivity index (χ4n) is 18.9. The molecule has 9 fully saturated rings. The quantitative estimate of drug-likeness (QED) is 0.0917. The molecule has 9 aliphatic heterocycles. The third kappa shape index (κ3) is 23.2. The van der Waals surface area contributed by atoms with Crippen molar-refractivity contribution < 1.29 is 27.6 Å². The molecule has 0 spiro atoms. The van der Waals surface area contributed by atoms with Crippen LogP contribution in [0, 0.1) is 11.6 Å². The summed E-state index contributed by atoms with van der Waals surface area (Å²) < 4.78 is 63.5. The molecular weight excluding hydrogens is 1770 g/mol. The minimum atomic E-state index is -0.523. The van der Waals surface area contributed by atoms with E-state index in [2.05, 4.69) is 237 Å². The Hall–Kier alpha value is -8.32. The Labute approximate surface area is 776 Å². The Balaban J connectivity index is 0.000000122. The Morgan fingerprint density at radius 1 is 0.438 bits per heavy atom. The number of benzene rings is 2. The van der Waals surface area contributed by atoms with E-state index in [1.807, 2.05) is 93.5 Å². The molecule has 10 aromatic heterocycles. The molecule has 0 aliphatic carbocycles. The molecule has 19 heterocycles. The van der Waals surface area contributed by atoms with Crippen molar-refractivity contribution in [1.29, 1.82) is 0 Å². The van der Waals surface area contributed by atoms with Crippen molar-refractivity contribution in [3.05, 3.63) is 180 Å². The molecule has 21 rings (SSSR count). The van der Waals surface area contributed by atoms with Gasteiger partial charge in [0, 0.05) is 298 Å². The van der Waals surface area contributed by atoms with Gasteiger partial charge in [-0.15, -0.1) is 0 Å². The van der Waals surface area contributed by atoms with Crippen LogP contribution in [0.4, 0.5) is 25.8 Å². The van der Waals surface area contributed by atoms with Gasteiger partial charge in [0.15, 0.2) is 23.1 Å². The van der Waals surface area contributed by atoms with Crippen LogP contribution in [-0.4, -0.2) is 336 Å². The summed E-state index contributed by atoms with van der Waals surface area (Å²) in [7, 11) is 15.6. The first-order valence-corrected chi connectivity index (χ1v) is 47.4. The number of halogens is 4. The number of nitrogens with one attached hydrogen (secondary N) is 1. The number of anilines is 3. The number of ether oxygens (including phenoxy) is 2. The van der Waals surface area contributed by atoms with Crippen LogP contribution in [0.5, 0.6) is 11.5 Å². The van der Waals surface area contributed by atoms with Crippen molar-refractivity contribution in [1.82, 2.24) is 92.0 Å². The zero-order valence-corrected chi connectivity index (χ0v) is 80.1. The van der Waals surface area contributed by atoms with Gasteiger partial charge in [0.05, 0.1) is 54.5 Å². The fraction of sp³-hybridized carbons (Fsp3) is 0.511. The summed E-state index contributed by atoms with van der Waals surface area (Å²) in [5.74, 6) is -0.460. The second-order valence-electron chi connectivity index (χ2n) is 36.0. The van der Waals surface area contributed by atoms with Gasteiger partial charge in [-0.1, -0.05) is 15.9 Å². The molecule has 1 radical (unpaired) electrons. The van der Waals surface area contributed by atoms with Crippen molar-refractivity contribution >= 4 is 126 Å². The third-order valence-corrected chi connectivity index (χ3v) is 28.6. The Bertz CT molecular complexity index is 5580. The van der Waals surface area contributed by atoms with Gasteiger partial charge in [0.1, 0.15) is 27.2 Å². The van der Waals surface area contributed by atoms with Gasteiger partial charge >= 0.3 is 31.9 Å². The Morgan fingerprint density at radius 3 is 1.28 bits per heavy atom. The standard InChI is InChI=1S/C27H31FN6O.C17H24BrN5.C17H25N5.C16H19BFNO3.C10H21N3.C7H5BrN2.BHNS/c1-31-11-13-33(14-12-31)19-4-8-32(9-5-19)20-6-10-34-25(18-30-27(34)15-20)21-3-7-29-24-17-23(28)26(35-2)16-22(21)24;1-20-8-10-22(11-9-20)14-2-5-21(6-3-14)15-4-7-23-16(18)13-19-17(23)12-15;1-19-10-12-21(13-11-19)15-2-6-20(7-3-15)16-4-8-22-9-5-18-17(22)14-16;1-15(2)16(3,4)22-17(21-15)11-6-7-19-13-9-12(18)14(20-5)8-10(11)13;1-12-6-8-13(9-7-12)10-2-4-11-5-3-10;8-6-1-3-10-4-2-9-7(10)5-6;1-2-3/h3,6-7,10,15-19H,4-5,8-9,11-14H2,1-2H3;4,7,12-14H,2-3,5-6,8-11H2,1H3;4-5,8-9,14-15H,2-3,6-7,10-13H2,1H3;6-9H,1-5H3;10-11H,2-9H2,1H3;1-5H;3H. The van der Waals surface area contributed by atoms with Crippen LogP contribution in [-0.2, 0) is 9.31 Å². The second kappa shape index (κ2) is 43.8. The van der Waals surface area contributed by atoms with Gasteiger partial charge in [0.2, 0.25) is 0 Å². The molecule has 27 nitrogen and oxygen atoms in total. The monoisotopic (exact) mass is 1890 g/mol. The molecule has 0 unspecified atom stereocenters. The summed E-state index contributed by atoms with van der Waals surface area (Å²) in [4.78, 5) is 54.2. The molecule has 2 aromatic carbocycles. The maximum atomic E-state index is 14.2. The first-order valence-electron chi connectivity index (χ1n) is 45.4. The summed E-state index contributed by atoms with van der Waals surface area (Å²) in [6.07, 6.45) is 33.1. The number of fused-ring (bicyclic) bond motifs is 6. The number of hydrogen-bond donors (Lipinski definition) is 2. The number of nitrogens with zero attached hydrogens (tertiary/aromatic N) is 22. The zero-order chi connectivity index (χ0) is 89.6. The predicted octanol–water partition coefficient (Wildman–Crippen LogP) is 12.7. The van der Waals surface area contributed by atoms with Crippen LogP contribution in [0.25, 0.3) is 55.7 Å². The molecule has 34 heteroatoms. The van der Waals surface area contributed by atoms with Crippen LogP contribution in [0.15, 0.2) is 173 Å². The summed E-state index contributed by atoms with van der Waals surface area (Å²) in [6.45, 7) is 36.8. The number of imidazole rings is 4. The minimum absolute atomic E-state index is 0.179. The number of piperazine rings is 4. The van der Waals surface area contributed by atoms with E-state index in [9.17, 15) is 8.78 Å². The first kappa shape index (κ1) is 94.3. The number of piperidine rings is 4. The Kier molecular flexibility index (Phi) is 32.3. The molecule has 1 N–H and O–H groups in total. The van der Waals surface area contributed by atoms with E-state index < -0.39 is 30.0 Å². The van der Waals surface area contributed by atoms with E-state index >= 15 is 0 Å². The number of thiol groups is 1. The van der Waals surface area contributed by atoms with Crippen molar-refractivity contribution in [2.75, 3.05) is 214 Å². The van der Waals surface area contributed by atoms with Crippen molar-refractivity contribution in [2.45, 2.75) is 114 Å². The fourth-order valence-corrected chi connectivity index (χ4v) is 19.6. The molecule has 0 bridgehead atoms. The SMILES string of the molecule is Brc1ccn2ccnc2c1.CN1CCN(C2CCN(c3ccn4c(Br)cnc4c3)CC2)CC1.CN1CCN(C2CCN(c3ccn4ccnc4c3)CC2)CC1.CN1CCN(C2CCNCC2)CC1.COc1cc2c(-c3cnc4cc(N5CCC(N6CCN(C)CC6)CC5)ccn34)ccnc2cc1F.COc1cc2c(B3OC(C)(C)C(C)(C)O3)ccnc2cc1F.[B]=NS. The number of rotatable bonds is 11. The van der Waals surface area contributed by atoms with Gasteiger partial charge in [-0.05, 0) is 196 Å². The molecule has 0 atom stereocenters. The number of hydrogen-bond acceptors (Lipinski definition) is 24. The first-order chi connectivity index (χ1) is 62.0. The summed E-state index contributed by atoms with van der Waals surface area (Å²) in [5.41, 5.74) is 10.7. The molecule has 0 saturated carbocycles. The van der Waals surface area contributed by atoms with Crippen molar-refractivity contribution in [2.24, 2.45) is 4.30 Å². The van der Waals surface area contributed by atoms with E-state index in [1.54, 1.807) is 30.7 Å². The van der Waals surface area contributed by atoms with E-state index in [4.69, 9.17) is 23.8 Å². The van der Waals surface area contributed by atoms with Gasteiger partial charge < -0.3 is 67.2 Å². The van der Waals surface area contributed by atoms with Gasteiger partial charge in [0.25, 0.3) is 0 Å². The summed E-state index contributed by atoms with van der Waals surface area (Å²) in [5, 5.41) is 5.02. The summed E-state index contributed by atoms with van der Waals surface area (Å²) in [6, 6.07) is 30.1. The molecule has 681 valence electrons. The molecule has 0 amide bonds. The van der Waals surface area contributed by atoms with E-state index in [0.717, 1.165) is 117 Å². The topological polar surface area (TPSA) is 192 Å². The number of likely N-dealkylation sites (N-methyl/N-ethyl adjacent to an activating group) is 4. The van der Waals surface area contributed by atoms with Gasteiger partial charge in [-0.25, -0.2) is 28.7 Å². The van der Waals surface area contributed by atoms with Crippen LogP contribution >= 0.6 is 44.7 Å². The van der Waals surface area contributed by atoms with Crippen LogP contribution in [0.2, 0.25) is 0 Å². The maximum absolute atomic E-state index is 14.2. The van der Waals surface area contributed by atoms with E-state index in [1.165, 1.54) is 213 Å². The average molecular weight is 1890 g/mol. The molecular formula is C94H126B2Br2F2N23O4S. The van der Waals surface area contributed by atoms with Gasteiger partial charge in [-0.2, -0.15) is 0 Å². The number of methoxy groups -OCH3 is 2. The van der Waals surface area contributed by atoms with Crippen molar-refractivity contribution in [3.63, 3.8) is 0 Å². The van der Waals surface area contributed by atoms with Crippen molar-refractivity contribution in [3.8, 4) is 22.8 Å².